The molecule has 2 saturated heterocycles. The van der Waals surface area contributed by atoms with Crippen molar-refractivity contribution in [2.45, 2.75) is 64.2 Å². The zero-order chi connectivity index (χ0) is 14.3. The smallest absolute Gasteiger partial charge is 0.171 e. The molecule has 1 N–H and O–H groups in total. The van der Waals surface area contributed by atoms with E-state index in [1.54, 1.807) is 0 Å². The minimum absolute atomic E-state index is 0.102. The van der Waals surface area contributed by atoms with Gasteiger partial charge in [-0.2, -0.15) is 0 Å². The van der Waals surface area contributed by atoms with Crippen molar-refractivity contribution in [3.8, 4) is 0 Å². The van der Waals surface area contributed by atoms with Gasteiger partial charge in [-0.15, -0.1) is 0 Å². The van der Waals surface area contributed by atoms with Gasteiger partial charge in [-0.1, -0.05) is 6.42 Å². The third-order valence-electron chi connectivity index (χ3n) is 4.64. The Hall–Kier alpha value is -0.450. The van der Waals surface area contributed by atoms with Gasteiger partial charge in [0.2, 0.25) is 0 Å². The van der Waals surface area contributed by atoms with Crippen LogP contribution in [0.25, 0.3) is 0 Å². The molecule has 2 rings (SSSR count). The van der Waals surface area contributed by atoms with E-state index in [1.165, 1.54) is 6.42 Å². The first-order valence-corrected chi connectivity index (χ1v) is 7.37. The molecule has 0 aromatic carbocycles. The van der Waals surface area contributed by atoms with Gasteiger partial charge in [0.05, 0.1) is 18.1 Å². The van der Waals surface area contributed by atoms with Crippen molar-refractivity contribution in [2.75, 3.05) is 19.7 Å². The molecule has 2 atom stereocenters. The number of piperidine rings is 1. The monoisotopic (exact) mass is 269 g/mol. The molecule has 0 radical (unpaired) electrons. The second kappa shape index (κ2) is 5.15. The van der Waals surface area contributed by atoms with Crippen LogP contribution in [-0.2, 0) is 9.53 Å². The molecule has 2 fully saturated rings. The van der Waals surface area contributed by atoms with Crippen LogP contribution in [0.1, 0.15) is 47.0 Å². The minimum Gasteiger partial charge on any atom is -0.395 e. The molecule has 2 aliphatic rings. The number of nitrogens with zero attached hydrogens (tertiary/aromatic N) is 1. The molecule has 2 aliphatic heterocycles. The fourth-order valence-electron chi connectivity index (χ4n) is 3.56. The Bertz CT molecular complexity index is 351. The molecule has 0 aromatic rings. The summed E-state index contributed by atoms with van der Waals surface area (Å²) in [6, 6.07) is 0.209. The lowest BCUT2D eigenvalue weighted by molar-refractivity contribution is -0.132. The average molecular weight is 269 g/mol. The highest BCUT2D eigenvalue weighted by molar-refractivity contribution is 5.91. The van der Waals surface area contributed by atoms with Crippen molar-refractivity contribution in [3.05, 3.63) is 0 Å². The topological polar surface area (TPSA) is 49.8 Å². The molecular formula is C15H27NO3. The van der Waals surface area contributed by atoms with E-state index >= 15 is 0 Å². The van der Waals surface area contributed by atoms with E-state index in [9.17, 15) is 9.90 Å². The van der Waals surface area contributed by atoms with Gasteiger partial charge in [-0.25, -0.2) is 0 Å². The van der Waals surface area contributed by atoms with E-state index in [0.717, 1.165) is 19.4 Å². The molecule has 2 heterocycles. The second-order valence-corrected chi connectivity index (χ2v) is 6.96. The SMILES string of the molecule is CC1(C)OC(C)(C)C(CN2CCCCC2CO)C1=O. The van der Waals surface area contributed by atoms with Gasteiger partial charge >= 0.3 is 0 Å². The van der Waals surface area contributed by atoms with Gasteiger partial charge in [0.25, 0.3) is 0 Å². The molecule has 19 heavy (non-hydrogen) atoms. The minimum atomic E-state index is -0.682. The van der Waals surface area contributed by atoms with Crippen LogP contribution in [0.2, 0.25) is 0 Å². The maximum Gasteiger partial charge on any atom is 0.171 e. The van der Waals surface area contributed by atoms with Crippen LogP contribution < -0.4 is 0 Å². The molecular weight excluding hydrogens is 242 g/mol. The largest absolute Gasteiger partial charge is 0.395 e. The van der Waals surface area contributed by atoms with Crippen LogP contribution in [0.3, 0.4) is 0 Å². The predicted molar refractivity (Wildman–Crippen MR) is 74.0 cm³/mol. The number of rotatable bonds is 3. The lowest BCUT2D eigenvalue weighted by Crippen LogP contribution is -2.48. The Morgan fingerprint density at radius 1 is 1.32 bits per heavy atom. The summed E-state index contributed by atoms with van der Waals surface area (Å²) in [7, 11) is 0. The Kier molecular flexibility index (Phi) is 4.05. The summed E-state index contributed by atoms with van der Waals surface area (Å²) in [5, 5.41) is 9.48. The first-order chi connectivity index (χ1) is 8.78. The number of ketones is 1. The third-order valence-corrected chi connectivity index (χ3v) is 4.64. The van der Waals surface area contributed by atoms with Gasteiger partial charge in [0.1, 0.15) is 5.60 Å². The van der Waals surface area contributed by atoms with Gasteiger partial charge in [-0.3, -0.25) is 9.69 Å². The summed E-state index contributed by atoms with van der Waals surface area (Å²) in [5.41, 5.74) is -1.10. The molecule has 0 aliphatic carbocycles. The summed E-state index contributed by atoms with van der Waals surface area (Å²) in [6.45, 7) is 9.59. The molecule has 0 spiro atoms. The Balaban J connectivity index is 2.11. The highest BCUT2D eigenvalue weighted by atomic mass is 16.5. The highest BCUT2D eigenvalue weighted by Gasteiger charge is 2.53. The van der Waals surface area contributed by atoms with E-state index in [1.807, 2.05) is 27.7 Å². The van der Waals surface area contributed by atoms with E-state index < -0.39 is 11.2 Å². The van der Waals surface area contributed by atoms with Crippen LogP contribution in [-0.4, -0.2) is 52.7 Å². The van der Waals surface area contributed by atoms with Gasteiger partial charge in [-0.05, 0) is 47.1 Å². The Labute approximate surface area is 116 Å². The van der Waals surface area contributed by atoms with Gasteiger partial charge < -0.3 is 9.84 Å². The normalized spacial score (nSPS) is 34.7. The maximum absolute atomic E-state index is 12.5. The lowest BCUT2D eigenvalue weighted by Gasteiger charge is -2.38. The maximum atomic E-state index is 12.5. The molecule has 4 heteroatoms. The number of Topliss-reactive ketones (excluding diaryl/α,β-unsaturated/α-hetero) is 1. The molecule has 0 saturated carbocycles. The zero-order valence-corrected chi connectivity index (χ0v) is 12.6. The van der Waals surface area contributed by atoms with Gasteiger partial charge in [0.15, 0.2) is 5.78 Å². The summed E-state index contributed by atoms with van der Waals surface area (Å²) in [4.78, 5) is 14.8. The van der Waals surface area contributed by atoms with E-state index in [2.05, 4.69) is 4.90 Å². The zero-order valence-electron chi connectivity index (χ0n) is 12.6. The predicted octanol–water partition coefficient (Wildman–Crippen LogP) is 1.61. The second-order valence-electron chi connectivity index (χ2n) is 6.96. The number of carbonyl (C=O) groups is 1. The average Bonchev–Trinajstić information content (AvgIpc) is 2.48. The standard InChI is InChI=1S/C15H27NO3/c1-14(2)12(13(18)15(3,4)19-14)9-16-8-6-5-7-11(16)10-17/h11-12,17H,5-10H2,1-4H3. The Morgan fingerprint density at radius 3 is 2.53 bits per heavy atom. The molecule has 0 amide bonds. The number of aliphatic hydroxyl groups excluding tert-OH is 1. The highest BCUT2D eigenvalue weighted by Crippen LogP contribution is 2.40. The number of hydrogen-bond acceptors (Lipinski definition) is 4. The quantitative estimate of drug-likeness (QED) is 0.845. The number of hydrogen-bond donors (Lipinski definition) is 1. The van der Waals surface area contributed by atoms with Crippen LogP contribution >= 0.6 is 0 Å². The summed E-state index contributed by atoms with van der Waals surface area (Å²) < 4.78 is 5.93. The fraction of sp³-hybridized carbons (Fsp3) is 0.933. The molecule has 110 valence electrons. The molecule has 0 bridgehead atoms. The van der Waals surface area contributed by atoms with E-state index in [-0.39, 0.29) is 24.3 Å². The molecule has 4 nitrogen and oxygen atoms in total. The van der Waals surface area contributed by atoms with E-state index in [4.69, 9.17) is 4.74 Å². The number of ether oxygens (including phenoxy) is 1. The first kappa shape index (κ1) is 14.9. The van der Waals surface area contributed by atoms with Gasteiger partial charge in [0, 0.05) is 12.6 Å². The number of likely N-dealkylation sites (tertiary alicyclic amines) is 1. The van der Waals surface area contributed by atoms with Crippen LogP contribution in [0.5, 0.6) is 0 Å². The summed E-state index contributed by atoms with van der Waals surface area (Å²) in [6.07, 6.45) is 3.36. The lowest BCUT2D eigenvalue weighted by atomic mass is 9.84. The first-order valence-electron chi connectivity index (χ1n) is 7.37. The third kappa shape index (κ3) is 2.86. The van der Waals surface area contributed by atoms with Crippen LogP contribution in [0.4, 0.5) is 0 Å². The van der Waals surface area contributed by atoms with Crippen molar-refractivity contribution in [2.24, 2.45) is 5.92 Å². The summed E-state index contributed by atoms with van der Waals surface area (Å²) in [5.74, 6) is 0.0920. The Morgan fingerprint density at radius 2 is 2.00 bits per heavy atom. The van der Waals surface area contributed by atoms with Crippen molar-refractivity contribution >= 4 is 5.78 Å². The number of aliphatic hydroxyl groups is 1. The molecule has 2 unspecified atom stereocenters. The molecule has 0 aromatic heterocycles. The summed E-state index contributed by atoms with van der Waals surface area (Å²) >= 11 is 0. The van der Waals surface area contributed by atoms with Crippen molar-refractivity contribution in [1.82, 2.24) is 4.90 Å². The van der Waals surface area contributed by atoms with Crippen molar-refractivity contribution in [1.29, 1.82) is 0 Å². The van der Waals surface area contributed by atoms with Crippen molar-refractivity contribution < 1.29 is 14.6 Å². The fourth-order valence-corrected chi connectivity index (χ4v) is 3.56. The van der Waals surface area contributed by atoms with Crippen molar-refractivity contribution in [3.63, 3.8) is 0 Å². The van der Waals surface area contributed by atoms with Crippen LogP contribution in [0.15, 0.2) is 0 Å². The van der Waals surface area contributed by atoms with E-state index in [0.29, 0.717) is 6.54 Å². The number of carbonyl (C=O) groups excluding carboxylic acids is 1. The van der Waals surface area contributed by atoms with Crippen LogP contribution in [0, 0.1) is 5.92 Å².